The van der Waals surface area contributed by atoms with Gasteiger partial charge in [0.05, 0.1) is 17.3 Å². The summed E-state index contributed by atoms with van der Waals surface area (Å²) in [5, 5.41) is 17.7. The first-order chi connectivity index (χ1) is 9.97. The van der Waals surface area contributed by atoms with E-state index >= 15 is 0 Å². The van der Waals surface area contributed by atoms with Gasteiger partial charge in [0.2, 0.25) is 0 Å². The number of hydrogen-bond acceptors (Lipinski definition) is 4. The van der Waals surface area contributed by atoms with Crippen molar-refractivity contribution in [2.75, 3.05) is 4.72 Å². The van der Waals surface area contributed by atoms with Gasteiger partial charge < -0.3 is 0 Å². The number of nitrogens with zero attached hydrogens (tertiary/aromatic N) is 2. The number of rotatable bonds is 3. The van der Waals surface area contributed by atoms with Crippen LogP contribution in [0.15, 0.2) is 47.4 Å². The van der Waals surface area contributed by atoms with Crippen LogP contribution in [0.3, 0.4) is 0 Å². The van der Waals surface area contributed by atoms with Gasteiger partial charge >= 0.3 is 0 Å². The Morgan fingerprint density at radius 3 is 2.43 bits per heavy atom. The molecule has 2 aromatic rings. The van der Waals surface area contributed by atoms with Crippen LogP contribution in [0.25, 0.3) is 0 Å². The molecule has 0 aliphatic heterocycles. The van der Waals surface area contributed by atoms with Crippen molar-refractivity contribution in [3.8, 4) is 12.1 Å². The number of benzene rings is 2. The minimum atomic E-state index is -4.13. The number of halogens is 1. The molecule has 0 bridgehead atoms. The van der Waals surface area contributed by atoms with Crippen molar-refractivity contribution in [3.05, 3.63) is 59.4 Å². The van der Waals surface area contributed by atoms with Gasteiger partial charge in [-0.15, -0.1) is 0 Å². The topological polar surface area (TPSA) is 93.8 Å². The van der Waals surface area contributed by atoms with Crippen molar-refractivity contribution < 1.29 is 12.8 Å². The summed E-state index contributed by atoms with van der Waals surface area (Å²) in [5.74, 6) is -0.911. The molecule has 0 aromatic heterocycles. The van der Waals surface area contributed by atoms with E-state index in [0.717, 1.165) is 12.1 Å². The Hall–Kier alpha value is -2.90. The maximum absolute atomic E-state index is 13.5. The van der Waals surface area contributed by atoms with Crippen molar-refractivity contribution in [3.63, 3.8) is 0 Å². The van der Waals surface area contributed by atoms with Crippen LogP contribution >= 0.6 is 0 Å². The lowest BCUT2D eigenvalue weighted by atomic mass is 10.2. The largest absolute Gasteiger partial charge is 0.280 e. The van der Waals surface area contributed by atoms with Crippen molar-refractivity contribution >= 4 is 15.7 Å². The molecule has 0 aliphatic carbocycles. The predicted octanol–water partition coefficient (Wildman–Crippen LogP) is 2.37. The van der Waals surface area contributed by atoms with Crippen molar-refractivity contribution in [2.24, 2.45) is 0 Å². The van der Waals surface area contributed by atoms with Gasteiger partial charge in [0.1, 0.15) is 22.3 Å². The highest BCUT2D eigenvalue weighted by atomic mass is 32.2. The molecule has 0 fully saturated rings. The van der Waals surface area contributed by atoms with E-state index < -0.39 is 26.3 Å². The van der Waals surface area contributed by atoms with Crippen LogP contribution in [0.5, 0.6) is 0 Å². The van der Waals surface area contributed by atoms with Crippen LogP contribution < -0.4 is 4.72 Å². The summed E-state index contributed by atoms with van der Waals surface area (Å²) < 4.78 is 40.1. The lowest BCUT2D eigenvalue weighted by Gasteiger charge is -2.09. The zero-order valence-corrected chi connectivity index (χ0v) is 11.4. The molecule has 0 aliphatic rings. The highest BCUT2D eigenvalue weighted by molar-refractivity contribution is 7.92. The molecule has 1 N–H and O–H groups in total. The standard InChI is InChI=1S/C14H8FN3O2S/c15-13-5-2-6-14(12(13)9-17)21(19,20)18-11-4-1-3-10(7-11)8-16/h1-7,18H. The molecule has 0 unspecified atom stereocenters. The first-order valence-corrected chi connectivity index (χ1v) is 7.18. The maximum Gasteiger partial charge on any atom is 0.263 e. The van der Waals surface area contributed by atoms with E-state index in [1.165, 1.54) is 36.4 Å². The van der Waals surface area contributed by atoms with Crippen molar-refractivity contribution in [1.82, 2.24) is 0 Å². The van der Waals surface area contributed by atoms with E-state index in [9.17, 15) is 12.8 Å². The van der Waals surface area contributed by atoms with Crippen LogP contribution in [0, 0.1) is 28.5 Å². The van der Waals surface area contributed by atoms with Gasteiger partial charge in [0.25, 0.3) is 10.0 Å². The molecule has 0 saturated heterocycles. The summed E-state index contributed by atoms with van der Waals surface area (Å²) in [6.45, 7) is 0. The summed E-state index contributed by atoms with van der Waals surface area (Å²) in [5.41, 5.74) is -0.126. The maximum atomic E-state index is 13.5. The normalized spacial score (nSPS) is 10.4. The molecular weight excluding hydrogens is 293 g/mol. The van der Waals surface area contributed by atoms with E-state index in [0.29, 0.717) is 0 Å². The van der Waals surface area contributed by atoms with Gasteiger partial charge in [-0.1, -0.05) is 12.1 Å². The average molecular weight is 301 g/mol. The van der Waals surface area contributed by atoms with Gasteiger partial charge in [-0.2, -0.15) is 10.5 Å². The van der Waals surface area contributed by atoms with Crippen LogP contribution in [0.2, 0.25) is 0 Å². The number of hydrogen-bond donors (Lipinski definition) is 1. The number of nitrogens with one attached hydrogen (secondary N) is 1. The zero-order chi connectivity index (χ0) is 15.5. The van der Waals surface area contributed by atoms with E-state index in [4.69, 9.17) is 10.5 Å². The molecule has 0 radical (unpaired) electrons. The Balaban J connectivity index is 2.47. The first kappa shape index (κ1) is 14.5. The third kappa shape index (κ3) is 2.99. The SMILES string of the molecule is N#Cc1cccc(NS(=O)(=O)c2cccc(F)c2C#N)c1. The summed E-state index contributed by atoms with van der Waals surface area (Å²) >= 11 is 0. The zero-order valence-electron chi connectivity index (χ0n) is 10.5. The fraction of sp³-hybridized carbons (Fsp3) is 0. The Kier molecular flexibility index (Phi) is 3.88. The summed E-state index contributed by atoms with van der Waals surface area (Å²) in [6, 6.07) is 12.6. The highest BCUT2D eigenvalue weighted by Crippen LogP contribution is 2.21. The Labute approximate surface area is 120 Å². The average Bonchev–Trinajstić information content (AvgIpc) is 2.46. The highest BCUT2D eigenvalue weighted by Gasteiger charge is 2.21. The molecule has 2 rings (SSSR count). The Bertz CT molecular complexity index is 880. The Morgan fingerprint density at radius 2 is 1.76 bits per heavy atom. The fourth-order valence-corrected chi connectivity index (χ4v) is 2.92. The van der Waals surface area contributed by atoms with Gasteiger partial charge in [0.15, 0.2) is 0 Å². The molecule has 0 spiro atoms. The van der Waals surface area contributed by atoms with Gasteiger partial charge in [-0.3, -0.25) is 4.72 Å². The molecular formula is C14H8FN3O2S. The van der Waals surface area contributed by atoms with Crippen molar-refractivity contribution in [2.45, 2.75) is 4.90 Å². The smallest absolute Gasteiger partial charge is 0.263 e. The molecule has 104 valence electrons. The van der Waals surface area contributed by atoms with Crippen LogP contribution in [0.1, 0.15) is 11.1 Å². The minimum Gasteiger partial charge on any atom is -0.280 e. The third-order valence-corrected chi connectivity index (χ3v) is 4.04. The lowest BCUT2D eigenvalue weighted by molar-refractivity contribution is 0.593. The quantitative estimate of drug-likeness (QED) is 0.941. The second-order valence-corrected chi connectivity index (χ2v) is 5.67. The fourth-order valence-electron chi connectivity index (χ4n) is 1.70. The number of nitriles is 2. The van der Waals surface area contributed by atoms with E-state index in [-0.39, 0.29) is 11.3 Å². The molecule has 0 heterocycles. The molecule has 0 atom stereocenters. The van der Waals surface area contributed by atoms with E-state index in [1.807, 2.05) is 6.07 Å². The second-order valence-electron chi connectivity index (χ2n) is 4.02. The molecule has 21 heavy (non-hydrogen) atoms. The van der Waals surface area contributed by atoms with Crippen LogP contribution in [0.4, 0.5) is 10.1 Å². The summed E-state index contributed by atoms with van der Waals surface area (Å²) in [6.07, 6.45) is 0. The summed E-state index contributed by atoms with van der Waals surface area (Å²) in [4.78, 5) is -0.452. The summed E-state index contributed by atoms with van der Waals surface area (Å²) in [7, 11) is -4.13. The monoisotopic (exact) mass is 301 g/mol. The van der Waals surface area contributed by atoms with E-state index in [1.54, 1.807) is 0 Å². The number of sulfonamides is 1. The molecule has 2 aromatic carbocycles. The van der Waals surface area contributed by atoms with Gasteiger partial charge in [0, 0.05) is 0 Å². The minimum absolute atomic E-state index is 0.155. The van der Waals surface area contributed by atoms with Crippen LogP contribution in [-0.2, 0) is 10.0 Å². The third-order valence-electron chi connectivity index (χ3n) is 2.62. The van der Waals surface area contributed by atoms with Gasteiger partial charge in [-0.05, 0) is 30.3 Å². The molecule has 7 heteroatoms. The van der Waals surface area contributed by atoms with Crippen LogP contribution in [-0.4, -0.2) is 8.42 Å². The lowest BCUT2D eigenvalue weighted by Crippen LogP contribution is -2.15. The van der Waals surface area contributed by atoms with Gasteiger partial charge in [-0.25, -0.2) is 12.8 Å². The van der Waals surface area contributed by atoms with E-state index in [2.05, 4.69) is 4.72 Å². The van der Waals surface area contributed by atoms with Crippen molar-refractivity contribution in [1.29, 1.82) is 10.5 Å². The molecule has 0 saturated carbocycles. The molecule has 0 amide bonds. The Morgan fingerprint density at radius 1 is 1.05 bits per heavy atom. The molecule has 5 nitrogen and oxygen atoms in total. The first-order valence-electron chi connectivity index (χ1n) is 5.69. The second kappa shape index (κ2) is 5.61. The number of anilines is 1. The predicted molar refractivity (Wildman–Crippen MR) is 73.1 cm³/mol.